The third-order valence-corrected chi connectivity index (χ3v) is 6.77. The summed E-state index contributed by atoms with van der Waals surface area (Å²) >= 11 is 7.67. The highest BCUT2D eigenvalue weighted by molar-refractivity contribution is 7.98. The second kappa shape index (κ2) is 10.9. The third kappa shape index (κ3) is 7.24. The van der Waals surface area contributed by atoms with Crippen molar-refractivity contribution in [3.05, 3.63) is 64.7 Å². The van der Waals surface area contributed by atoms with Crippen LogP contribution in [-0.4, -0.2) is 38.9 Å². The second-order valence-corrected chi connectivity index (χ2v) is 10.2. The van der Waals surface area contributed by atoms with E-state index in [4.69, 9.17) is 11.6 Å². The number of aryl methyl sites for hydroxylation is 1. The molecule has 0 spiro atoms. The van der Waals surface area contributed by atoms with Gasteiger partial charge in [-0.25, -0.2) is 8.42 Å². The first-order chi connectivity index (χ1) is 13.7. The quantitative estimate of drug-likeness (QED) is 0.545. The first kappa shape index (κ1) is 23.6. The molecular formula is C21H27ClN2O3S2. The van der Waals surface area contributed by atoms with Crippen LogP contribution in [-0.2, 0) is 20.6 Å². The van der Waals surface area contributed by atoms with Gasteiger partial charge in [0, 0.05) is 23.1 Å². The molecule has 8 heteroatoms. The monoisotopic (exact) mass is 454 g/mol. The highest BCUT2D eigenvalue weighted by atomic mass is 35.5. The third-order valence-electron chi connectivity index (χ3n) is 4.32. The number of halogens is 1. The van der Waals surface area contributed by atoms with Crippen LogP contribution in [0.1, 0.15) is 24.5 Å². The summed E-state index contributed by atoms with van der Waals surface area (Å²) in [6.07, 6.45) is 1.51. The highest BCUT2D eigenvalue weighted by Crippen LogP contribution is 2.23. The van der Waals surface area contributed by atoms with Crippen molar-refractivity contribution in [2.45, 2.75) is 32.1 Å². The van der Waals surface area contributed by atoms with E-state index in [2.05, 4.69) is 5.32 Å². The lowest BCUT2D eigenvalue weighted by Crippen LogP contribution is -2.49. The number of anilines is 1. The van der Waals surface area contributed by atoms with Crippen LogP contribution in [0.4, 0.5) is 5.69 Å². The molecule has 0 radical (unpaired) electrons. The fourth-order valence-corrected chi connectivity index (χ4v) is 5.16. The Hall–Kier alpha value is -1.70. The molecule has 0 heterocycles. The van der Waals surface area contributed by atoms with Crippen molar-refractivity contribution in [2.75, 3.05) is 22.9 Å². The zero-order valence-corrected chi connectivity index (χ0v) is 19.3. The van der Waals surface area contributed by atoms with Gasteiger partial charge in [-0.05, 0) is 43.2 Å². The molecule has 0 unspecified atom stereocenters. The van der Waals surface area contributed by atoms with Crippen LogP contribution in [0.3, 0.4) is 0 Å². The van der Waals surface area contributed by atoms with Crippen LogP contribution in [0.2, 0.25) is 5.02 Å². The summed E-state index contributed by atoms with van der Waals surface area (Å²) in [7, 11) is -3.61. The van der Waals surface area contributed by atoms with Gasteiger partial charge in [-0.3, -0.25) is 9.10 Å². The Morgan fingerprint density at radius 3 is 2.48 bits per heavy atom. The van der Waals surface area contributed by atoms with Crippen molar-refractivity contribution in [1.82, 2.24) is 5.32 Å². The number of hydrogen-bond donors (Lipinski definition) is 1. The number of nitrogens with one attached hydrogen (secondary N) is 1. The van der Waals surface area contributed by atoms with E-state index in [0.29, 0.717) is 23.7 Å². The minimum absolute atomic E-state index is 0.290. The number of thioether (sulfide) groups is 1. The van der Waals surface area contributed by atoms with Crippen LogP contribution >= 0.6 is 23.4 Å². The molecule has 0 fully saturated rings. The fourth-order valence-electron chi connectivity index (χ4n) is 2.93. The summed E-state index contributed by atoms with van der Waals surface area (Å²) in [5.41, 5.74) is 2.65. The number of amides is 1. The Balaban J connectivity index is 1.95. The summed E-state index contributed by atoms with van der Waals surface area (Å²) in [6.45, 7) is 4.20. The lowest BCUT2D eigenvalue weighted by Gasteiger charge is -2.30. The number of benzene rings is 2. The van der Waals surface area contributed by atoms with Gasteiger partial charge in [0.15, 0.2) is 0 Å². The van der Waals surface area contributed by atoms with E-state index < -0.39 is 16.1 Å². The summed E-state index contributed by atoms with van der Waals surface area (Å²) in [5.74, 6) is 1.23. The number of nitrogens with zero attached hydrogens (tertiary/aromatic N) is 1. The maximum absolute atomic E-state index is 12.7. The molecule has 0 aliphatic heterocycles. The zero-order chi connectivity index (χ0) is 21.4. The van der Waals surface area contributed by atoms with Crippen molar-refractivity contribution in [2.24, 2.45) is 0 Å². The normalized spacial score (nSPS) is 12.4. The van der Waals surface area contributed by atoms with Crippen LogP contribution in [0.15, 0.2) is 48.5 Å². The van der Waals surface area contributed by atoms with Crippen molar-refractivity contribution in [1.29, 1.82) is 0 Å². The van der Waals surface area contributed by atoms with Gasteiger partial charge in [-0.1, -0.05) is 48.4 Å². The predicted octanol–water partition coefficient (Wildman–Crippen LogP) is 4.24. The topological polar surface area (TPSA) is 66.5 Å². The number of carbonyl (C=O) groups is 1. The maximum atomic E-state index is 12.7. The Morgan fingerprint density at radius 1 is 1.21 bits per heavy atom. The molecule has 1 amide bonds. The fraction of sp³-hybridized carbons (Fsp3) is 0.381. The molecular weight excluding hydrogens is 428 g/mol. The van der Waals surface area contributed by atoms with Gasteiger partial charge in [0.05, 0.1) is 11.9 Å². The lowest BCUT2D eigenvalue weighted by atomic mass is 10.1. The molecule has 2 aromatic carbocycles. The van der Waals surface area contributed by atoms with Crippen molar-refractivity contribution in [3.8, 4) is 0 Å². The van der Waals surface area contributed by atoms with Crippen LogP contribution in [0.25, 0.3) is 0 Å². The lowest BCUT2D eigenvalue weighted by molar-refractivity contribution is -0.122. The SMILES string of the molecule is CC[C@H](C(=O)NCCSCc1cccc(Cl)c1)N(c1ccc(C)cc1)S(C)(=O)=O. The standard InChI is InChI=1S/C21H27ClN2O3S2/c1-4-20(24(29(3,26)27)19-10-8-16(2)9-11-19)21(25)23-12-13-28-15-17-6-5-7-18(22)14-17/h5-11,14,20H,4,12-13,15H2,1-3H3,(H,23,25)/t20-/m1/s1. The van der Waals surface area contributed by atoms with Gasteiger partial charge >= 0.3 is 0 Å². The molecule has 1 N–H and O–H groups in total. The molecule has 1 atom stereocenters. The predicted molar refractivity (Wildman–Crippen MR) is 123 cm³/mol. The van der Waals surface area contributed by atoms with E-state index in [9.17, 15) is 13.2 Å². The van der Waals surface area contributed by atoms with E-state index in [0.717, 1.165) is 28.9 Å². The van der Waals surface area contributed by atoms with E-state index in [1.807, 2.05) is 50.2 Å². The summed E-state index contributed by atoms with van der Waals surface area (Å²) < 4.78 is 26.0. The van der Waals surface area contributed by atoms with Gasteiger partial charge in [0.1, 0.15) is 6.04 Å². The second-order valence-electron chi connectivity index (χ2n) is 6.79. The molecule has 0 saturated heterocycles. The minimum Gasteiger partial charge on any atom is -0.353 e. The van der Waals surface area contributed by atoms with Gasteiger partial charge in [-0.2, -0.15) is 11.8 Å². The summed E-state index contributed by atoms with van der Waals surface area (Å²) in [6, 6.07) is 14.0. The molecule has 0 aliphatic carbocycles. The van der Waals surface area contributed by atoms with E-state index >= 15 is 0 Å². The Morgan fingerprint density at radius 2 is 1.90 bits per heavy atom. The molecule has 0 bridgehead atoms. The zero-order valence-electron chi connectivity index (χ0n) is 16.9. The Labute approximate surface area is 182 Å². The largest absolute Gasteiger partial charge is 0.353 e. The Bertz CT molecular complexity index is 918. The molecule has 2 aromatic rings. The van der Waals surface area contributed by atoms with Crippen LogP contribution < -0.4 is 9.62 Å². The number of sulfonamides is 1. The molecule has 0 aliphatic rings. The van der Waals surface area contributed by atoms with Crippen molar-refractivity contribution < 1.29 is 13.2 Å². The van der Waals surface area contributed by atoms with E-state index in [1.165, 1.54) is 4.31 Å². The first-order valence-electron chi connectivity index (χ1n) is 9.38. The van der Waals surface area contributed by atoms with Gasteiger partial charge in [0.25, 0.3) is 0 Å². The first-order valence-corrected chi connectivity index (χ1v) is 12.8. The van der Waals surface area contributed by atoms with Crippen LogP contribution in [0, 0.1) is 6.92 Å². The number of rotatable bonds is 10. The molecule has 2 rings (SSSR count). The molecule has 0 aromatic heterocycles. The van der Waals surface area contributed by atoms with Crippen molar-refractivity contribution >= 4 is 45.0 Å². The van der Waals surface area contributed by atoms with E-state index in [-0.39, 0.29) is 5.91 Å². The molecule has 158 valence electrons. The molecule has 5 nitrogen and oxygen atoms in total. The smallest absolute Gasteiger partial charge is 0.243 e. The molecule has 29 heavy (non-hydrogen) atoms. The highest BCUT2D eigenvalue weighted by Gasteiger charge is 2.31. The van der Waals surface area contributed by atoms with Crippen molar-refractivity contribution in [3.63, 3.8) is 0 Å². The average molecular weight is 455 g/mol. The van der Waals surface area contributed by atoms with Gasteiger partial charge < -0.3 is 5.32 Å². The summed E-state index contributed by atoms with van der Waals surface area (Å²) in [4.78, 5) is 12.7. The van der Waals surface area contributed by atoms with E-state index in [1.54, 1.807) is 23.9 Å². The molecule has 0 saturated carbocycles. The summed E-state index contributed by atoms with van der Waals surface area (Å²) in [5, 5.41) is 3.58. The Kier molecular flexibility index (Phi) is 8.86. The van der Waals surface area contributed by atoms with Crippen LogP contribution in [0.5, 0.6) is 0 Å². The van der Waals surface area contributed by atoms with Gasteiger partial charge in [-0.15, -0.1) is 0 Å². The number of carbonyl (C=O) groups excluding carboxylic acids is 1. The average Bonchev–Trinajstić information content (AvgIpc) is 2.65. The maximum Gasteiger partial charge on any atom is 0.243 e. The van der Waals surface area contributed by atoms with Gasteiger partial charge in [0.2, 0.25) is 15.9 Å². The minimum atomic E-state index is -3.61. The number of hydrogen-bond acceptors (Lipinski definition) is 4.